The van der Waals surface area contributed by atoms with Crippen LogP contribution in [0.25, 0.3) is 0 Å². The van der Waals surface area contributed by atoms with Crippen LogP contribution in [0.15, 0.2) is 12.4 Å². The second kappa shape index (κ2) is 3.70. The van der Waals surface area contributed by atoms with Gasteiger partial charge in [-0.3, -0.25) is 0 Å². The van der Waals surface area contributed by atoms with Gasteiger partial charge >= 0.3 is 0 Å². The van der Waals surface area contributed by atoms with E-state index in [0.717, 1.165) is 18.1 Å². The summed E-state index contributed by atoms with van der Waals surface area (Å²) in [4.78, 5) is 11.1. The Morgan fingerprint density at radius 2 is 2.06 bits per heavy atom. The third-order valence-electron chi connectivity index (χ3n) is 3.80. The Bertz CT molecular complexity index is 378. The summed E-state index contributed by atoms with van der Waals surface area (Å²) in [5.74, 6) is 1.53. The number of fused-ring (bicyclic) bond motifs is 2. The molecule has 3 rings (SSSR count). The molecule has 4 heteroatoms. The Morgan fingerprint density at radius 3 is 2.69 bits per heavy atom. The Balaban J connectivity index is 1.85. The molecule has 1 saturated heterocycles. The lowest BCUT2D eigenvalue weighted by molar-refractivity contribution is 0.0853. The quantitative estimate of drug-likeness (QED) is 0.753. The summed E-state index contributed by atoms with van der Waals surface area (Å²) in [5.41, 5.74) is 1.11. The molecule has 2 heterocycles. The number of piperidine rings is 1. The topological polar surface area (TPSA) is 38.2 Å². The monoisotopic (exact) mass is 219 g/mol. The highest BCUT2D eigenvalue weighted by Gasteiger charge is 2.48. The van der Waals surface area contributed by atoms with E-state index in [2.05, 4.69) is 14.9 Å². The number of hydrogen-bond acceptors (Lipinski definition) is 4. The van der Waals surface area contributed by atoms with Crippen molar-refractivity contribution in [1.29, 1.82) is 0 Å². The van der Waals surface area contributed by atoms with Crippen LogP contribution in [0, 0.1) is 12.8 Å². The second-order valence-corrected chi connectivity index (χ2v) is 4.82. The predicted molar refractivity (Wildman–Crippen MR) is 61.4 cm³/mol. The van der Waals surface area contributed by atoms with E-state index < -0.39 is 0 Å². The average molecular weight is 219 g/mol. The van der Waals surface area contributed by atoms with E-state index in [1.165, 1.54) is 12.8 Å². The zero-order valence-electron chi connectivity index (χ0n) is 9.76. The summed E-state index contributed by atoms with van der Waals surface area (Å²) in [6.45, 7) is 3.06. The van der Waals surface area contributed by atoms with Gasteiger partial charge in [0.25, 0.3) is 0 Å². The lowest BCUT2D eigenvalue weighted by Crippen LogP contribution is -2.36. The average Bonchev–Trinajstić information content (AvgIpc) is 2.86. The normalized spacial score (nSPS) is 32.4. The zero-order valence-corrected chi connectivity index (χ0v) is 9.76. The van der Waals surface area contributed by atoms with Crippen molar-refractivity contribution in [2.45, 2.75) is 31.9 Å². The number of anilines is 1. The molecule has 0 amide bonds. The minimum Gasteiger partial charge on any atom is -0.379 e. The van der Waals surface area contributed by atoms with E-state index in [1.54, 1.807) is 0 Å². The third kappa shape index (κ3) is 1.40. The van der Waals surface area contributed by atoms with Crippen molar-refractivity contribution in [2.24, 2.45) is 5.92 Å². The molecule has 0 spiro atoms. The summed E-state index contributed by atoms with van der Waals surface area (Å²) in [6, 6.07) is 0.484. The molecule has 16 heavy (non-hydrogen) atoms. The van der Waals surface area contributed by atoms with Gasteiger partial charge in [0.15, 0.2) is 0 Å². The van der Waals surface area contributed by atoms with Crippen LogP contribution >= 0.6 is 0 Å². The third-order valence-corrected chi connectivity index (χ3v) is 3.80. The second-order valence-electron chi connectivity index (χ2n) is 4.82. The van der Waals surface area contributed by atoms with Gasteiger partial charge in [0, 0.05) is 32.0 Å². The first-order valence-electron chi connectivity index (χ1n) is 5.87. The van der Waals surface area contributed by atoms with Gasteiger partial charge in [-0.05, 0) is 25.3 Å². The molecular formula is C12H17N3O. The van der Waals surface area contributed by atoms with Crippen LogP contribution in [0.2, 0.25) is 0 Å². The van der Waals surface area contributed by atoms with E-state index in [4.69, 9.17) is 4.74 Å². The molecule has 2 fully saturated rings. The fourth-order valence-corrected chi connectivity index (χ4v) is 3.06. The molecule has 2 aliphatic rings. The van der Waals surface area contributed by atoms with Crippen molar-refractivity contribution < 1.29 is 4.74 Å². The van der Waals surface area contributed by atoms with Gasteiger partial charge in [-0.2, -0.15) is 0 Å². The largest absolute Gasteiger partial charge is 0.379 e. The van der Waals surface area contributed by atoms with Crippen molar-refractivity contribution in [2.75, 3.05) is 18.6 Å². The molecular weight excluding hydrogens is 202 g/mol. The maximum Gasteiger partial charge on any atom is 0.225 e. The molecule has 0 radical (unpaired) electrons. The van der Waals surface area contributed by atoms with Gasteiger partial charge < -0.3 is 9.64 Å². The van der Waals surface area contributed by atoms with Gasteiger partial charge in [0.1, 0.15) is 0 Å². The molecule has 1 aromatic rings. The van der Waals surface area contributed by atoms with Gasteiger partial charge in [0.2, 0.25) is 5.95 Å². The highest BCUT2D eigenvalue weighted by atomic mass is 16.5. The Hall–Kier alpha value is -1.16. The van der Waals surface area contributed by atoms with Gasteiger partial charge in [-0.15, -0.1) is 0 Å². The summed E-state index contributed by atoms with van der Waals surface area (Å²) >= 11 is 0. The number of ether oxygens (including phenoxy) is 1. The van der Waals surface area contributed by atoms with Crippen LogP contribution in [-0.2, 0) is 4.74 Å². The lowest BCUT2D eigenvalue weighted by Gasteiger charge is -2.26. The molecule has 1 saturated carbocycles. The van der Waals surface area contributed by atoms with Gasteiger partial charge in [0.05, 0.1) is 12.1 Å². The minimum absolute atomic E-state index is 0.380. The van der Waals surface area contributed by atoms with Crippen LogP contribution in [0.3, 0.4) is 0 Å². The Kier molecular flexibility index (Phi) is 2.32. The van der Waals surface area contributed by atoms with E-state index in [1.807, 2.05) is 26.4 Å². The SMILES string of the molecule is CO[C@H]1[C@H]2CC[C@H]1N(c1ncc(C)cn1)C2. The molecule has 1 aliphatic heterocycles. The van der Waals surface area contributed by atoms with Crippen molar-refractivity contribution in [3.63, 3.8) is 0 Å². The van der Waals surface area contributed by atoms with E-state index in [0.29, 0.717) is 18.1 Å². The smallest absolute Gasteiger partial charge is 0.225 e. The number of aryl methyl sites for hydroxylation is 1. The highest BCUT2D eigenvalue weighted by molar-refractivity contribution is 5.37. The Labute approximate surface area is 95.7 Å². The molecule has 3 atom stereocenters. The molecule has 0 aromatic carbocycles. The van der Waals surface area contributed by atoms with E-state index in [-0.39, 0.29) is 0 Å². The van der Waals surface area contributed by atoms with Gasteiger partial charge in [-0.25, -0.2) is 9.97 Å². The molecule has 4 nitrogen and oxygen atoms in total. The first-order chi connectivity index (χ1) is 7.79. The van der Waals surface area contributed by atoms with Crippen LogP contribution in [-0.4, -0.2) is 35.8 Å². The number of rotatable bonds is 2. The summed E-state index contributed by atoms with van der Waals surface area (Å²) < 4.78 is 5.58. The number of hydrogen-bond donors (Lipinski definition) is 0. The first kappa shape index (κ1) is 10.0. The van der Waals surface area contributed by atoms with Crippen LogP contribution in [0.4, 0.5) is 5.95 Å². The molecule has 2 bridgehead atoms. The Morgan fingerprint density at radius 1 is 1.31 bits per heavy atom. The summed E-state index contributed by atoms with van der Waals surface area (Å²) in [5, 5.41) is 0. The van der Waals surface area contributed by atoms with E-state index >= 15 is 0 Å². The van der Waals surface area contributed by atoms with Crippen LogP contribution in [0.1, 0.15) is 18.4 Å². The first-order valence-corrected chi connectivity index (χ1v) is 5.87. The lowest BCUT2D eigenvalue weighted by atomic mass is 10.1. The summed E-state index contributed by atoms with van der Waals surface area (Å²) in [6.07, 6.45) is 6.64. The minimum atomic E-state index is 0.380. The number of nitrogens with zero attached hydrogens (tertiary/aromatic N) is 3. The highest BCUT2D eigenvalue weighted by Crippen LogP contribution is 2.40. The van der Waals surface area contributed by atoms with Crippen LogP contribution < -0.4 is 4.90 Å². The fraction of sp³-hybridized carbons (Fsp3) is 0.667. The fourth-order valence-electron chi connectivity index (χ4n) is 3.06. The zero-order chi connectivity index (χ0) is 11.1. The molecule has 1 aliphatic carbocycles. The number of aromatic nitrogens is 2. The molecule has 86 valence electrons. The van der Waals surface area contributed by atoms with Crippen molar-refractivity contribution >= 4 is 5.95 Å². The number of methoxy groups -OCH3 is 1. The predicted octanol–water partition coefficient (Wildman–Crippen LogP) is 1.40. The van der Waals surface area contributed by atoms with Gasteiger partial charge in [-0.1, -0.05) is 0 Å². The molecule has 1 aromatic heterocycles. The maximum atomic E-state index is 5.58. The summed E-state index contributed by atoms with van der Waals surface area (Å²) in [7, 11) is 1.81. The van der Waals surface area contributed by atoms with Crippen LogP contribution in [0.5, 0.6) is 0 Å². The standard InChI is InChI=1S/C12H17N3O/c1-8-5-13-12(14-6-8)15-7-9-3-4-10(15)11(9)16-2/h5-6,9-11H,3-4,7H2,1-2H3/t9-,10+,11-/m0/s1. The molecule has 0 N–H and O–H groups in total. The maximum absolute atomic E-state index is 5.58. The molecule has 0 unspecified atom stereocenters. The van der Waals surface area contributed by atoms with Crippen molar-refractivity contribution in [1.82, 2.24) is 9.97 Å². The van der Waals surface area contributed by atoms with E-state index in [9.17, 15) is 0 Å². The van der Waals surface area contributed by atoms with Crippen molar-refractivity contribution in [3.05, 3.63) is 18.0 Å². The van der Waals surface area contributed by atoms with Crippen molar-refractivity contribution in [3.8, 4) is 0 Å².